The predicted octanol–water partition coefficient (Wildman–Crippen LogP) is 2.21. The van der Waals surface area contributed by atoms with Crippen molar-refractivity contribution in [1.29, 1.82) is 0 Å². The highest BCUT2D eigenvalue weighted by atomic mass is 16.5. The third-order valence-corrected chi connectivity index (χ3v) is 3.41. The van der Waals surface area contributed by atoms with Crippen molar-refractivity contribution in [2.24, 2.45) is 0 Å². The minimum absolute atomic E-state index is 0.145. The quantitative estimate of drug-likeness (QED) is 0.784. The molecule has 0 bridgehead atoms. The normalized spacial score (nSPS) is 10.3. The van der Waals surface area contributed by atoms with E-state index in [1.54, 1.807) is 50.1 Å². The van der Waals surface area contributed by atoms with Gasteiger partial charge in [0.05, 0.1) is 7.11 Å². The molecule has 3 rings (SSSR count). The molecular formula is C17H16N4O2. The summed E-state index contributed by atoms with van der Waals surface area (Å²) in [6.45, 7) is 0.381. The molecule has 6 heteroatoms. The first-order valence-corrected chi connectivity index (χ1v) is 7.12. The molecule has 0 aliphatic rings. The van der Waals surface area contributed by atoms with Crippen LogP contribution in [0.15, 0.2) is 61.3 Å². The third-order valence-electron chi connectivity index (χ3n) is 3.41. The molecule has 0 atom stereocenters. The molecule has 1 N–H and O–H groups in total. The summed E-state index contributed by atoms with van der Waals surface area (Å²) < 4.78 is 6.90. The Bertz CT molecular complexity index is 783. The van der Waals surface area contributed by atoms with Crippen molar-refractivity contribution >= 4 is 5.91 Å². The lowest BCUT2D eigenvalue weighted by Crippen LogP contribution is -2.23. The van der Waals surface area contributed by atoms with E-state index in [1.807, 2.05) is 22.9 Å². The number of pyridine rings is 1. The number of methoxy groups -OCH3 is 1. The summed E-state index contributed by atoms with van der Waals surface area (Å²) >= 11 is 0. The molecule has 0 aliphatic heterocycles. The second kappa shape index (κ2) is 6.74. The highest BCUT2D eigenvalue weighted by Crippen LogP contribution is 2.13. The number of benzene rings is 1. The van der Waals surface area contributed by atoms with E-state index in [4.69, 9.17) is 4.74 Å². The molecular weight excluding hydrogens is 292 g/mol. The topological polar surface area (TPSA) is 69.0 Å². The van der Waals surface area contributed by atoms with E-state index in [-0.39, 0.29) is 5.91 Å². The first-order valence-electron chi connectivity index (χ1n) is 7.12. The van der Waals surface area contributed by atoms with E-state index in [0.29, 0.717) is 12.1 Å². The fourth-order valence-electron chi connectivity index (χ4n) is 2.21. The molecule has 0 spiro atoms. The van der Waals surface area contributed by atoms with Crippen molar-refractivity contribution < 1.29 is 9.53 Å². The lowest BCUT2D eigenvalue weighted by Gasteiger charge is -2.10. The van der Waals surface area contributed by atoms with Crippen molar-refractivity contribution in [2.45, 2.75) is 6.54 Å². The Kier molecular flexibility index (Phi) is 4.33. The molecule has 1 amide bonds. The highest BCUT2D eigenvalue weighted by molar-refractivity contribution is 5.94. The van der Waals surface area contributed by atoms with Crippen molar-refractivity contribution in [1.82, 2.24) is 19.9 Å². The molecule has 0 saturated heterocycles. The summed E-state index contributed by atoms with van der Waals surface area (Å²) in [7, 11) is 1.59. The summed E-state index contributed by atoms with van der Waals surface area (Å²) in [4.78, 5) is 20.6. The second-order valence-electron chi connectivity index (χ2n) is 4.87. The molecule has 6 nitrogen and oxygen atoms in total. The van der Waals surface area contributed by atoms with Crippen LogP contribution in [0.2, 0.25) is 0 Å². The minimum Gasteiger partial charge on any atom is -0.497 e. The smallest absolute Gasteiger partial charge is 0.251 e. The Morgan fingerprint density at radius 2 is 2.04 bits per heavy atom. The van der Waals surface area contributed by atoms with Gasteiger partial charge in [0.1, 0.15) is 17.9 Å². The third kappa shape index (κ3) is 3.37. The lowest BCUT2D eigenvalue weighted by atomic mass is 10.2. The largest absolute Gasteiger partial charge is 0.497 e. The average Bonchev–Trinajstić information content (AvgIpc) is 3.14. The van der Waals surface area contributed by atoms with E-state index >= 15 is 0 Å². The number of amides is 1. The fourth-order valence-corrected chi connectivity index (χ4v) is 2.21. The Balaban J connectivity index is 1.72. The first-order chi connectivity index (χ1) is 11.3. The van der Waals surface area contributed by atoms with Crippen LogP contribution in [0.1, 0.15) is 15.9 Å². The molecule has 0 radical (unpaired) electrons. The van der Waals surface area contributed by atoms with Crippen molar-refractivity contribution in [2.75, 3.05) is 7.11 Å². The van der Waals surface area contributed by atoms with Crippen LogP contribution in [0.4, 0.5) is 0 Å². The summed E-state index contributed by atoms with van der Waals surface area (Å²) in [5.41, 5.74) is 1.49. The number of nitrogens with one attached hydrogen (secondary N) is 1. The van der Waals surface area contributed by atoms with E-state index in [2.05, 4.69) is 15.3 Å². The van der Waals surface area contributed by atoms with Crippen LogP contribution in [0.3, 0.4) is 0 Å². The number of imidazole rings is 1. The van der Waals surface area contributed by atoms with Crippen molar-refractivity contribution in [3.63, 3.8) is 0 Å². The summed E-state index contributed by atoms with van der Waals surface area (Å²) in [5.74, 6) is 1.32. The van der Waals surface area contributed by atoms with Gasteiger partial charge in [0.2, 0.25) is 0 Å². The van der Waals surface area contributed by atoms with Gasteiger partial charge in [-0.15, -0.1) is 0 Å². The van der Waals surface area contributed by atoms with Crippen LogP contribution in [0, 0.1) is 0 Å². The maximum atomic E-state index is 12.2. The number of ether oxygens (including phenoxy) is 1. The van der Waals surface area contributed by atoms with Gasteiger partial charge in [-0.1, -0.05) is 6.07 Å². The zero-order chi connectivity index (χ0) is 16.1. The number of rotatable bonds is 5. The molecule has 3 aromatic rings. The average molecular weight is 308 g/mol. The molecule has 1 aromatic carbocycles. The van der Waals surface area contributed by atoms with Crippen LogP contribution < -0.4 is 10.1 Å². The van der Waals surface area contributed by atoms with Gasteiger partial charge in [0.25, 0.3) is 5.91 Å². The molecule has 2 aromatic heterocycles. The monoisotopic (exact) mass is 308 g/mol. The van der Waals surface area contributed by atoms with Gasteiger partial charge in [-0.3, -0.25) is 9.36 Å². The number of aromatic nitrogens is 3. The summed E-state index contributed by atoms with van der Waals surface area (Å²) in [6.07, 6.45) is 6.90. The number of carbonyl (C=O) groups excluding carboxylic acids is 1. The van der Waals surface area contributed by atoms with Crippen molar-refractivity contribution in [3.8, 4) is 11.6 Å². The standard InChI is InChI=1S/C17H16N4O2/c1-23-15-6-4-13(5-7-15)17(22)20-11-14-3-2-8-19-16(14)21-10-9-18-12-21/h2-10,12H,11H2,1H3,(H,20,22). The van der Waals surface area contributed by atoms with Gasteiger partial charge in [0, 0.05) is 36.3 Å². The van der Waals surface area contributed by atoms with Gasteiger partial charge < -0.3 is 10.1 Å². The van der Waals surface area contributed by atoms with Crippen LogP contribution in [-0.2, 0) is 6.54 Å². The minimum atomic E-state index is -0.145. The maximum Gasteiger partial charge on any atom is 0.251 e. The van der Waals surface area contributed by atoms with E-state index in [0.717, 1.165) is 17.1 Å². The van der Waals surface area contributed by atoms with Gasteiger partial charge in [-0.05, 0) is 30.3 Å². The molecule has 0 fully saturated rings. The molecule has 116 valence electrons. The molecule has 0 unspecified atom stereocenters. The zero-order valence-corrected chi connectivity index (χ0v) is 12.6. The molecule has 2 heterocycles. The van der Waals surface area contributed by atoms with Crippen LogP contribution in [0.5, 0.6) is 5.75 Å². The van der Waals surface area contributed by atoms with E-state index in [9.17, 15) is 4.79 Å². The SMILES string of the molecule is COc1ccc(C(=O)NCc2cccnc2-n2ccnc2)cc1. The number of carbonyl (C=O) groups is 1. The Morgan fingerprint density at radius 1 is 1.22 bits per heavy atom. The van der Waals surface area contributed by atoms with Crippen LogP contribution in [-0.4, -0.2) is 27.6 Å². The second-order valence-corrected chi connectivity index (χ2v) is 4.87. The maximum absolute atomic E-state index is 12.2. The molecule has 23 heavy (non-hydrogen) atoms. The summed E-state index contributed by atoms with van der Waals surface area (Å²) in [5, 5.41) is 2.90. The Labute approximate surface area is 133 Å². The Hall–Kier alpha value is -3.15. The van der Waals surface area contributed by atoms with E-state index < -0.39 is 0 Å². The molecule has 0 aliphatic carbocycles. The summed E-state index contributed by atoms with van der Waals surface area (Å²) in [6, 6.07) is 10.8. The van der Waals surface area contributed by atoms with Crippen LogP contribution >= 0.6 is 0 Å². The van der Waals surface area contributed by atoms with Gasteiger partial charge in [0.15, 0.2) is 0 Å². The fraction of sp³-hybridized carbons (Fsp3) is 0.118. The van der Waals surface area contributed by atoms with Gasteiger partial charge in [-0.2, -0.15) is 0 Å². The van der Waals surface area contributed by atoms with Gasteiger partial charge >= 0.3 is 0 Å². The molecule has 0 saturated carbocycles. The zero-order valence-electron chi connectivity index (χ0n) is 12.6. The first kappa shape index (κ1) is 14.8. The predicted molar refractivity (Wildman–Crippen MR) is 85.5 cm³/mol. The lowest BCUT2D eigenvalue weighted by molar-refractivity contribution is 0.0951. The Morgan fingerprint density at radius 3 is 2.74 bits per heavy atom. The number of hydrogen-bond donors (Lipinski definition) is 1. The highest BCUT2D eigenvalue weighted by Gasteiger charge is 2.09. The van der Waals surface area contributed by atoms with E-state index in [1.165, 1.54) is 0 Å². The number of nitrogens with zero attached hydrogens (tertiary/aromatic N) is 3. The van der Waals surface area contributed by atoms with Crippen LogP contribution in [0.25, 0.3) is 5.82 Å². The number of hydrogen-bond acceptors (Lipinski definition) is 4. The van der Waals surface area contributed by atoms with Crippen molar-refractivity contribution in [3.05, 3.63) is 72.4 Å². The van der Waals surface area contributed by atoms with Gasteiger partial charge in [-0.25, -0.2) is 9.97 Å².